The zero-order valence-corrected chi connectivity index (χ0v) is 13.0. The molecule has 0 saturated carbocycles. The zero-order chi connectivity index (χ0) is 15.1. The highest BCUT2D eigenvalue weighted by molar-refractivity contribution is 7.89. The lowest BCUT2D eigenvalue weighted by atomic mass is 10.1. The van der Waals surface area contributed by atoms with Gasteiger partial charge in [-0.15, -0.1) is 0 Å². The standard InChI is InChI=1S/C13H17ClN2O3S/c1-8-3-4-16(7-8)13(17)11-5-10(20(15,18)19)6-12(14)9(11)2/h5-6,8H,3-4,7H2,1-2H3,(H2,15,18,19). The number of likely N-dealkylation sites (tertiary alicyclic amines) is 1. The van der Waals surface area contributed by atoms with Crippen molar-refractivity contribution in [3.8, 4) is 0 Å². The van der Waals surface area contributed by atoms with Gasteiger partial charge >= 0.3 is 0 Å². The van der Waals surface area contributed by atoms with E-state index >= 15 is 0 Å². The topological polar surface area (TPSA) is 80.5 Å². The highest BCUT2D eigenvalue weighted by atomic mass is 35.5. The number of benzene rings is 1. The summed E-state index contributed by atoms with van der Waals surface area (Å²) in [6.07, 6.45) is 0.952. The first-order chi connectivity index (χ1) is 9.20. The molecule has 0 aromatic heterocycles. The lowest BCUT2D eigenvalue weighted by Gasteiger charge is -2.18. The molecular weight excluding hydrogens is 300 g/mol. The summed E-state index contributed by atoms with van der Waals surface area (Å²) in [5.41, 5.74) is 0.874. The van der Waals surface area contributed by atoms with Crippen LogP contribution in [0.25, 0.3) is 0 Å². The number of hydrogen-bond donors (Lipinski definition) is 1. The molecule has 1 aromatic rings. The first kappa shape index (κ1) is 15.3. The molecule has 1 aromatic carbocycles. The Labute approximate surface area is 123 Å². The van der Waals surface area contributed by atoms with E-state index in [2.05, 4.69) is 6.92 Å². The molecule has 5 nitrogen and oxygen atoms in total. The highest BCUT2D eigenvalue weighted by Gasteiger charge is 2.26. The number of hydrogen-bond acceptors (Lipinski definition) is 3. The zero-order valence-electron chi connectivity index (χ0n) is 11.4. The number of carbonyl (C=O) groups excluding carboxylic acids is 1. The van der Waals surface area contributed by atoms with Gasteiger partial charge in [0, 0.05) is 23.7 Å². The van der Waals surface area contributed by atoms with Crippen LogP contribution in [0, 0.1) is 12.8 Å². The monoisotopic (exact) mass is 316 g/mol. The second kappa shape index (κ2) is 5.35. The molecule has 7 heteroatoms. The van der Waals surface area contributed by atoms with Gasteiger partial charge in [-0.05, 0) is 37.0 Å². The Morgan fingerprint density at radius 1 is 1.45 bits per heavy atom. The number of nitrogens with two attached hydrogens (primary N) is 1. The minimum Gasteiger partial charge on any atom is -0.338 e. The van der Waals surface area contributed by atoms with E-state index in [1.165, 1.54) is 12.1 Å². The molecule has 0 aliphatic carbocycles. The molecule has 0 radical (unpaired) electrons. The Bertz CT molecular complexity index is 658. The van der Waals surface area contributed by atoms with Gasteiger partial charge in [0.25, 0.3) is 5.91 Å². The first-order valence-electron chi connectivity index (χ1n) is 6.32. The van der Waals surface area contributed by atoms with E-state index in [1.54, 1.807) is 11.8 Å². The third kappa shape index (κ3) is 2.97. The third-order valence-corrected chi connectivity index (χ3v) is 4.87. The van der Waals surface area contributed by atoms with E-state index in [1.807, 2.05) is 0 Å². The second-order valence-electron chi connectivity index (χ2n) is 5.27. The maximum absolute atomic E-state index is 12.5. The van der Waals surface area contributed by atoms with Crippen LogP contribution in [0.1, 0.15) is 29.3 Å². The minimum atomic E-state index is -3.89. The number of halogens is 1. The summed E-state index contributed by atoms with van der Waals surface area (Å²) in [6.45, 7) is 5.13. The Kier molecular flexibility index (Phi) is 4.09. The molecule has 2 rings (SSSR count). The maximum atomic E-state index is 12.5. The van der Waals surface area contributed by atoms with Crippen LogP contribution >= 0.6 is 11.6 Å². The van der Waals surface area contributed by atoms with E-state index in [9.17, 15) is 13.2 Å². The number of rotatable bonds is 2. The van der Waals surface area contributed by atoms with Gasteiger partial charge in [0.05, 0.1) is 4.90 Å². The van der Waals surface area contributed by atoms with Gasteiger partial charge in [-0.2, -0.15) is 0 Å². The summed E-state index contributed by atoms with van der Waals surface area (Å²) < 4.78 is 22.9. The Hall–Kier alpha value is -1.11. The molecule has 110 valence electrons. The maximum Gasteiger partial charge on any atom is 0.254 e. The van der Waals surface area contributed by atoms with Crippen molar-refractivity contribution in [1.29, 1.82) is 0 Å². The minimum absolute atomic E-state index is 0.135. The van der Waals surface area contributed by atoms with Crippen LogP contribution in [0.5, 0.6) is 0 Å². The highest BCUT2D eigenvalue weighted by Crippen LogP contribution is 2.26. The molecule has 1 heterocycles. The van der Waals surface area contributed by atoms with Gasteiger partial charge in [0.1, 0.15) is 0 Å². The summed E-state index contributed by atoms with van der Waals surface area (Å²) in [7, 11) is -3.89. The van der Waals surface area contributed by atoms with Crippen LogP contribution in [0.15, 0.2) is 17.0 Å². The van der Waals surface area contributed by atoms with Gasteiger partial charge in [-0.25, -0.2) is 13.6 Å². The number of amides is 1. The average Bonchev–Trinajstić information content (AvgIpc) is 2.77. The van der Waals surface area contributed by atoms with Crippen LogP contribution in [-0.4, -0.2) is 32.3 Å². The van der Waals surface area contributed by atoms with Crippen LogP contribution in [0.3, 0.4) is 0 Å². The van der Waals surface area contributed by atoms with E-state index in [-0.39, 0.29) is 15.8 Å². The van der Waals surface area contributed by atoms with Crippen molar-refractivity contribution < 1.29 is 13.2 Å². The summed E-state index contributed by atoms with van der Waals surface area (Å²) in [5.74, 6) is 0.260. The SMILES string of the molecule is Cc1c(Cl)cc(S(N)(=O)=O)cc1C(=O)N1CCC(C)C1. The third-order valence-electron chi connectivity index (χ3n) is 3.59. The molecule has 1 saturated heterocycles. The van der Waals surface area contributed by atoms with E-state index in [0.717, 1.165) is 6.42 Å². The van der Waals surface area contributed by atoms with Gasteiger partial charge in [0.2, 0.25) is 10.0 Å². The largest absolute Gasteiger partial charge is 0.338 e. The fourth-order valence-corrected chi connectivity index (χ4v) is 3.18. The van der Waals surface area contributed by atoms with Crippen LogP contribution in [-0.2, 0) is 10.0 Å². The van der Waals surface area contributed by atoms with Crippen molar-refractivity contribution in [3.63, 3.8) is 0 Å². The molecule has 1 unspecified atom stereocenters. The van der Waals surface area contributed by atoms with Gasteiger partial charge in [0.15, 0.2) is 0 Å². The number of nitrogens with zero attached hydrogens (tertiary/aromatic N) is 1. The predicted molar refractivity (Wildman–Crippen MR) is 77.2 cm³/mol. The fourth-order valence-electron chi connectivity index (χ4n) is 2.33. The molecule has 1 aliphatic rings. The summed E-state index contributed by atoms with van der Waals surface area (Å²) >= 11 is 6.01. The molecule has 2 N–H and O–H groups in total. The van der Waals surface area contributed by atoms with E-state index in [4.69, 9.17) is 16.7 Å². The molecule has 0 spiro atoms. The van der Waals surface area contributed by atoms with Crippen molar-refractivity contribution in [3.05, 3.63) is 28.3 Å². The van der Waals surface area contributed by atoms with Crippen LogP contribution in [0.4, 0.5) is 0 Å². The number of carbonyl (C=O) groups is 1. The molecule has 20 heavy (non-hydrogen) atoms. The lowest BCUT2D eigenvalue weighted by Crippen LogP contribution is -2.29. The Balaban J connectivity index is 2.45. The number of primary sulfonamides is 1. The molecule has 1 aliphatic heterocycles. The lowest BCUT2D eigenvalue weighted by molar-refractivity contribution is 0.0787. The van der Waals surface area contributed by atoms with Gasteiger partial charge in [-0.3, -0.25) is 4.79 Å². The Morgan fingerprint density at radius 2 is 2.10 bits per heavy atom. The molecule has 1 fully saturated rings. The summed E-state index contributed by atoms with van der Waals surface area (Å²) in [5, 5.41) is 5.34. The van der Waals surface area contributed by atoms with Crippen LogP contribution in [0.2, 0.25) is 5.02 Å². The van der Waals surface area contributed by atoms with Crippen LogP contribution < -0.4 is 5.14 Å². The van der Waals surface area contributed by atoms with E-state index in [0.29, 0.717) is 30.1 Å². The van der Waals surface area contributed by atoms with Crippen molar-refractivity contribution in [2.75, 3.05) is 13.1 Å². The van der Waals surface area contributed by atoms with Gasteiger partial charge < -0.3 is 4.90 Å². The van der Waals surface area contributed by atoms with Crippen molar-refractivity contribution in [1.82, 2.24) is 4.90 Å². The summed E-state index contributed by atoms with van der Waals surface area (Å²) in [4.78, 5) is 14.1. The number of sulfonamides is 1. The van der Waals surface area contributed by atoms with Crippen molar-refractivity contribution >= 4 is 27.5 Å². The average molecular weight is 317 g/mol. The van der Waals surface area contributed by atoms with Crippen molar-refractivity contribution in [2.24, 2.45) is 11.1 Å². The molecule has 0 bridgehead atoms. The quantitative estimate of drug-likeness (QED) is 0.903. The van der Waals surface area contributed by atoms with E-state index < -0.39 is 10.0 Å². The fraction of sp³-hybridized carbons (Fsp3) is 0.462. The smallest absolute Gasteiger partial charge is 0.254 e. The first-order valence-corrected chi connectivity index (χ1v) is 8.25. The normalized spacial score (nSPS) is 19.4. The second-order valence-corrected chi connectivity index (χ2v) is 7.24. The van der Waals surface area contributed by atoms with Crippen molar-refractivity contribution in [2.45, 2.75) is 25.2 Å². The summed E-state index contributed by atoms with van der Waals surface area (Å²) in [6, 6.07) is 2.58. The molecule has 1 amide bonds. The molecule has 1 atom stereocenters. The Morgan fingerprint density at radius 3 is 2.60 bits per heavy atom. The molecular formula is C13H17ClN2O3S. The van der Waals surface area contributed by atoms with Gasteiger partial charge in [-0.1, -0.05) is 18.5 Å². The predicted octanol–water partition coefficient (Wildman–Crippen LogP) is 1.78.